The average Bonchev–Trinajstić information content (AvgIpc) is 2.78. The number of carbonyl (C=O) groups is 1. The van der Waals surface area contributed by atoms with Crippen LogP contribution in [0, 0.1) is 6.92 Å². The normalized spacial score (nSPS) is 10.9. The van der Waals surface area contributed by atoms with Gasteiger partial charge >= 0.3 is 0 Å². The van der Waals surface area contributed by atoms with Crippen LogP contribution in [0.4, 0.5) is 0 Å². The molecule has 94 valence electrons. The third kappa shape index (κ3) is 2.58. The van der Waals surface area contributed by atoms with E-state index in [-0.39, 0.29) is 24.1 Å². The van der Waals surface area contributed by atoms with Crippen molar-refractivity contribution >= 4 is 5.78 Å². The summed E-state index contributed by atoms with van der Waals surface area (Å²) in [6, 6.07) is 0.175. The van der Waals surface area contributed by atoms with Gasteiger partial charge in [0.1, 0.15) is 12.2 Å². The molecule has 0 atom stereocenters. The molecule has 0 radical (unpaired) electrons. The van der Waals surface area contributed by atoms with Crippen LogP contribution in [0.15, 0.2) is 18.7 Å². The molecule has 0 bridgehead atoms. The maximum absolute atomic E-state index is 12.0. The number of hydrogen-bond acceptors (Lipinski definition) is 5. The molecule has 0 saturated heterocycles. The number of aryl methyl sites for hydroxylation is 1. The molecule has 0 aliphatic rings. The molecule has 0 aliphatic heterocycles. The zero-order valence-corrected chi connectivity index (χ0v) is 10.7. The Hall–Kier alpha value is -2.11. The number of carbonyl (C=O) groups excluding carboxylic acids is 1. The lowest BCUT2D eigenvalue weighted by Gasteiger charge is -2.08. The van der Waals surface area contributed by atoms with Crippen molar-refractivity contribution in [3.63, 3.8) is 0 Å². The van der Waals surface area contributed by atoms with E-state index >= 15 is 0 Å². The Morgan fingerprint density at radius 2 is 1.94 bits per heavy atom. The molecule has 0 N–H and O–H groups in total. The fraction of sp³-hybridized carbons (Fsp3) is 0.417. The Morgan fingerprint density at radius 3 is 2.56 bits per heavy atom. The van der Waals surface area contributed by atoms with E-state index < -0.39 is 0 Å². The van der Waals surface area contributed by atoms with Gasteiger partial charge in [0.15, 0.2) is 5.82 Å². The molecule has 0 fully saturated rings. The standard InChI is InChI=1S/C12H15N5O/c1-8(2)17-11(15-7-16-17)4-10(18)12-13-5-9(3)6-14-12/h5-8H,4H2,1-3H3. The van der Waals surface area contributed by atoms with Crippen molar-refractivity contribution in [2.75, 3.05) is 0 Å². The summed E-state index contributed by atoms with van der Waals surface area (Å²) in [4.78, 5) is 24.1. The van der Waals surface area contributed by atoms with E-state index in [4.69, 9.17) is 0 Å². The number of aromatic nitrogens is 5. The molecule has 2 rings (SSSR count). The lowest BCUT2D eigenvalue weighted by molar-refractivity contribution is 0.0979. The predicted molar refractivity (Wildman–Crippen MR) is 65.2 cm³/mol. The zero-order valence-electron chi connectivity index (χ0n) is 10.7. The van der Waals surface area contributed by atoms with Crippen molar-refractivity contribution in [2.45, 2.75) is 33.2 Å². The van der Waals surface area contributed by atoms with Gasteiger partial charge in [-0.3, -0.25) is 4.79 Å². The van der Waals surface area contributed by atoms with Crippen molar-refractivity contribution in [3.8, 4) is 0 Å². The van der Waals surface area contributed by atoms with Gasteiger partial charge in [0.25, 0.3) is 0 Å². The summed E-state index contributed by atoms with van der Waals surface area (Å²) in [5.41, 5.74) is 0.928. The highest BCUT2D eigenvalue weighted by molar-refractivity contribution is 5.93. The van der Waals surface area contributed by atoms with Crippen LogP contribution < -0.4 is 0 Å². The zero-order chi connectivity index (χ0) is 13.1. The maximum Gasteiger partial charge on any atom is 0.207 e. The first kappa shape index (κ1) is 12.3. The third-order valence-electron chi connectivity index (χ3n) is 2.49. The van der Waals surface area contributed by atoms with Crippen LogP contribution in [-0.2, 0) is 6.42 Å². The summed E-state index contributed by atoms with van der Waals surface area (Å²) in [6.45, 7) is 5.86. The van der Waals surface area contributed by atoms with Crippen LogP contribution >= 0.6 is 0 Å². The monoisotopic (exact) mass is 245 g/mol. The Kier molecular flexibility index (Phi) is 3.45. The van der Waals surface area contributed by atoms with Crippen molar-refractivity contribution in [1.29, 1.82) is 0 Å². The molecule has 0 saturated carbocycles. The number of hydrogen-bond donors (Lipinski definition) is 0. The maximum atomic E-state index is 12.0. The molecule has 0 spiro atoms. The molecule has 2 aromatic rings. The van der Waals surface area contributed by atoms with Gasteiger partial charge in [0, 0.05) is 18.4 Å². The Balaban J connectivity index is 2.16. The Bertz CT molecular complexity index is 544. The van der Waals surface area contributed by atoms with E-state index in [0.29, 0.717) is 5.82 Å². The highest BCUT2D eigenvalue weighted by Crippen LogP contribution is 2.07. The number of Topliss-reactive ketones (excluding diaryl/α,β-unsaturated/α-hetero) is 1. The topological polar surface area (TPSA) is 73.6 Å². The van der Waals surface area contributed by atoms with Crippen LogP contribution in [0.1, 0.15) is 41.9 Å². The minimum atomic E-state index is -0.148. The molecule has 2 heterocycles. The summed E-state index contributed by atoms with van der Waals surface area (Å²) >= 11 is 0. The highest BCUT2D eigenvalue weighted by atomic mass is 16.1. The van der Waals surface area contributed by atoms with Crippen LogP contribution in [0.25, 0.3) is 0 Å². The summed E-state index contributed by atoms with van der Waals surface area (Å²) in [5.74, 6) is 0.711. The minimum Gasteiger partial charge on any atom is -0.290 e. The first-order chi connectivity index (χ1) is 8.58. The lowest BCUT2D eigenvalue weighted by atomic mass is 10.2. The molecule has 0 amide bonds. The van der Waals surface area contributed by atoms with Gasteiger partial charge in [-0.25, -0.2) is 19.6 Å². The predicted octanol–water partition coefficient (Wildman–Crippen LogP) is 1.38. The van der Waals surface area contributed by atoms with E-state index in [9.17, 15) is 4.79 Å². The van der Waals surface area contributed by atoms with Crippen LogP contribution in [-0.4, -0.2) is 30.5 Å². The highest BCUT2D eigenvalue weighted by Gasteiger charge is 2.15. The number of ketones is 1. The van der Waals surface area contributed by atoms with E-state index in [1.54, 1.807) is 17.1 Å². The molecule has 0 aliphatic carbocycles. The molecule has 0 aromatic carbocycles. The number of rotatable bonds is 4. The smallest absolute Gasteiger partial charge is 0.207 e. The van der Waals surface area contributed by atoms with Gasteiger partial charge in [-0.05, 0) is 26.3 Å². The molecular formula is C12H15N5O. The lowest BCUT2D eigenvalue weighted by Crippen LogP contribution is -2.15. The summed E-state index contributed by atoms with van der Waals surface area (Å²) in [5, 5.41) is 4.09. The second-order valence-corrected chi connectivity index (χ2v) is 4.40. The van der Waals surface area contributed by atoms with Gasteiger partial charge in [-0.1, -0.05) is 0 Å². The Labute approximate surface area is 105 Å². The summed E-state index contributed by atoms with van der Waals surface area (Å²) in [6.07, 6.45) is 4.89. The van der Waals surface area contributed by atoms with Gasteiger partial charge in [-0.2, -0.15) is 5.10 Å². The van der Waals surface area contributed by atoms with Gasteiger partial charge in [0.05, 0.1) is 6.42 Å². The second-order valence-electron chi connectivity index (χ2n) is 4.40. The van der Waals surface area contributed by atoms with Gasteiger partial charge in [-0.15, -0.1) is 0 Å². The Morgan fingerprint density at radius 1 is 1.28 bits per heavy atom. The number of nitrogens with zero attached hydrogens (tertiary/aromatic N) is 5. The first-order valence-electron chi connectivity index (χ1n) is 5.78. The molecule has 6 heteroatoms. The fourth-order valence-corrected chi connectivity index (χ4v) is 1.59. The van der Waals surface area contributed by atoms with E-state index in [0.717, 1.165) is 5.56 Å². The minimum absolute atomic E-state index is 0.148. The average molecular weight is 245 g/mol. The van der Waals surface area contributed by atoms with E-state index in [2.05, 4.69) is 20.1 Å². The van der Waals surface area contributed by atoms with Crippen LogP contribution in [0.5, 0.6) is 0 Å². The van der Waals surface area contributed by atoms with Crippen molar-refractivity contribution < 1.29 is 4.79 Å². The fourth-order valence-electron chi connectivity index (χ4n) is 1.59. The van der Waals surface area contributed by atoms with E-state index in [1.165, 1.54) is 6.33 Å². The van der Waals surface area contributed by atoms with E-state index in [1.807, 2.05) is 20.8 Å². The molecule has 2 aromatic heterocycles. The molecule has 18 heavy (non-hydrogen) atoms. The third-order valence-corrected chi connectivity index (χ3v) is 2.49. The SMILES string of the molecule is Cc1cnc(C(=O)Cc2ncnn2C(C)C)nc1. The molecule has 0 unspecified atom stereocenters. The quantitative estimate of drug-likeness (QED) is 0.761. The summed E-state index contributed by atoms with van der Waals surface area (Å²) < 4.78 is 1.73. The van der Waals surface area contributed by atoms with Crippen LogP contribution in [0.3, 0.4) is 0 Å². The molecular weight excluding hydrogens is 230 g/mol. The van der Waals surface area contributed by atoms with Crippen molar-refractivity contribution in [3.05, 3.63) is 35.9 Å². The largest absolute Gasteiger partial charge is 0.290 e. The van der Waals surface area contributed by atoms with Crippen molar-refractivity contribution in [2.24, 2.45) is 0 Å². The van der Waals surface area contributed by atoms with Gasteiger partial charge < -0.3 is 0 Å². The van der Waals surface area contributed by atoms with Crippen molar-refractivity contribution in [1.82, 2.24) is 24.7 Å². The summed E-state index contributed by atoms with van der Waals surface area (Å²) in [7, 11) is 0. The van der Waals surface area contributed by atoms with Crippen LogP contribution in [0.2, 0.25) is 0 Å². The van der Waals surface area contributed by atoms with Gasteiger partial charge in [0.2, 0.25) is 5.78 Å². The molecule has 6 nitrogen and oxygen atoms in total. The second kappa shape index (κ2) is 5.03. The first-order valence-corrected chi connectivity index (χ1v) is 5.78.